The lowest BCUT2D eigenvalue weighted by atomic mass is 9.90. The molecule has 1 aromatic heterocycles. The topological polar surface area (TPSA) is 83.6 Å². The first-order valence-electron chi connectivity index (χ1n) is 9.46. The summed E-state index contributed by atoms with van der Waals surface area (Å²) in [5, 5.41) is 22.1. The summed E-state index contributed by atoms with van der Waals surface area (Å²) in [7, 11) is 0. The van der Waals surface area contributed by atoms with Crippen LogP contribution in [0.3, 0.4) is 0 Å². The van der Waals surface area contributed by atoms with Gasteiger partial charge in [0.25, 0.3) is 0 Å². The molecule has 3 rings (SSSR count). The van der Waals surface area contributed by atoms with Crippen molar-refractivity contribution in [3.05, 3.63) is 59.6 Å². The van der Waals surface area contributed by atoms with Crippen LogP contribution in [0.4, 0.5) is 0 Å². The maximum absolute atomic E-state index is 12.5. The van der Waals surface area contributed by atoms with E-state index in [1.807, 2.05) is 60.9 Å². The van der Waals surface area contributed by atoms with Crippen molar-refractivity contribution in [3.8, 4) is 23.1 Å². The molecule has 30 heavy (non-hydrogen) atoms. The number of para-hydroxylation sites is 1. The zero-order valence-electron chi connectivity index (χ0n) is 17.0. The van der Waals surface area contributed by atoms with Crippen LogP contribution in [0.15, 0.2) is 59.8 Å². The number of aromatic nitrogens is 3. The molecule has 8 heteroatoms. The summed E-state index contributed by atoms with van der Waals surface area (Å²) in [4.78, 5) is 12.5. The third kappa shape index (κ3) is 4.84. The van der Waals surface area contributed by atoms with Gasteiger partial charge in [0, 0.05) is 16.3 Å². The second-order valence-electron chi connectivity index (χ2n) is 7.29. The summed E-state index contributed by atoms with van der Waals surface area (Å²) in [5.74, 6) is 0.536. The number of halogens is 1. The normalized spacial score (nSPS) is 12.9. The van der Waals surface area contributed by atoms with Gasteiger partial charge in [0.15, 0.2) is 11.0 Å². The molecule has 0 spiro atoms. The molecule has 0 fully saturated rings. The third-order valence-electron chi connectivity index (χ3n) is 4.87. The molecular weight excluding hydrogens is 418 g/mol. The predicted molar refractivity (Wildman–Crippen MR) is 120 cm³/mol. The number of amides is 1. The van der Waals surface area contributed by atoms with Crippen molar-refractivity contribution in [3.63, 3.8) is 0 Å². The minimum atomic E-state index is -0.917. The average molecular weight is 440 g/mol. The number of thioether (sulfide) groups is 1. The van der Waals surface area contributed by atoms with Crippen LogP contribution < -0.4 is 5.32 Å². The van der Waals surface area contributed by atoms with Gasteiger partial charge in [-0.25, -0.2) is 0 Å². The van der Waals surface area contributed by atoms with Crippen LogP contribution in [0.1, 0.15) is 20.8 Å². The standard InChI is InChI=1S/C22H22ClN5OS/c1-15(2)22(3,14-24)25-19(29)13-30-21-27-26-20(16-9-11-17(23)12-10-16)28(21)18-7-5-4-6-8-18/h4-12,15H,13H2,1-3H3,(H,25,29). The highest BCUT2D eigenvalue weighted by Crippen LogP contribution is 2.28. The average Bonchev–Trinajstić information content (AvgIpc) is 3.17. The van der Waals surface area contributed by atoms with E-state index in [2.05, 4.69) is 21.6 Å². The number of carbonyl (C=O) groups is 1. The fraction of sp³-hybridized carbons (Fsp3) is 0.273. The lowest BCUT2D eigenvalue weighted by molar-refractivity contribution is -0.120. The molecule has 6 nitrogen and oxygen atoms in total. The first-order chi connectivity index (χ1) is 14.3. The van der Waals surface area contributed by atoms with E-state index in [4.69, 9.17) is 11.6 Å². The van der Waals surface area contributed by atoms with Crippen LogP contribution in [0.5, 0.6) is 0 Å². The molecule has 0 aliphatic carbocycles. The molecular formula is C22H22ClN5OS. The lowest BCUT2D eigenvalue weighted by Gasteiger charge is -2.27. The number of nitrogens with zero attached hydrogens (tertiary/aromatic N) is 4. The molecule has 1 heterocycles. The molecule has 0 radical (unpaired) electrons. The smallest absolute Gasteiger partial charge is 0.231 e. The van der Waals surface area contributed by atoms with Gasteiger partial charge in [-0.2, -0.15) is 5.26 Å². The highest BCUT2D eigenvalue weighted by molar-refractivity contribution is 7.99. The highest BCUT2D eigenvalue weighted by Gasteiger charge is 2.30. The van der Waals surface area contributed by atoms with Crippen molar-refractivity contribution in [2.45, 2.75) is 31.5 Å². The van der Waals surface area contributed by atoms with Crippen molar-refractivity contribution >= 4 is 29.3 Å². The van der Waals surface area contributed by atoms with E-state index < -0.39 is 5.54 Å². The Morgan fingerprint density at radius 3 is 2.47 bits per heavy atom. The van der Waals surface area contributed by atoms with E-state index in [9.17, 15) is 10.1 Å². The van der Waals surface area contributed by atoms with Gasteiger partial charge >= 0.3 is 0 Å². The van der Waals surface area contributed by atoms with Gasteiger partial charge in [-0.05, 0) is 49.2 Å². The van der Waals surface area contributed by atoms with Crippen LogP contribution in [0, 0.1) is 17.2 Å². The number of nitriles is 1. The lowest BCUT2D eigenvalue weighted by Crippen LogP contribution is -2.49. The Labute approximate surface area is 185 Å². The number of carbonyl (C=O) groups excluding carboxylic acids is 1. The minimum absolute atomic E-state index is 0.0130. The van der Waals surface area contributed by atoms with Crippen LogP contribution in [0.25, 0.3) is 17.1 Å². The Kier molecular flexibility index (Phi) is 6.80. The van der Waals surface area contributed by atoms with Gasteiger partial charge in [0.2, 0.25) is 5.91 Å². The summed E-state index contributed by atoms with van der Waals surface area (Å²) in [6.07, 6.45) is 0. The van der Waals surface area contributed by atoms with Crippen LogP contribution in [-0.2, 0) is 4.79 Å². The Hall–Kier alpha value is -2.82. The SMILES string of the molecule is CC(C)C(C)(C#N)NC(=O)CSc1nnc(-c2ccc(Cl)cc2)n1-c1ccccc1. The van der Waals surface area contributed by atoms with Crippen molar-refractivity contribution in [1.82, 2.24) is 20.1 Å². The van der Waals surface area contributed by atoms with Crippen LogP contribution in [0.2, 0.25) is 5.02 Å². The van der Waals surface area contributed by atoms with Crippen molar-refractivity contribution in [1.29, 1.82) is 5.26 Å². The number of hydrogen-bond donors (Lipinski definition) is 1. The predicted octanol–water partition coefficient (Wildman–Crippen LogP) is 4.73. The summed E-state index contributed by atoms with van der Waals surface area (Å²) in [5.41, 5.74) is 0.836. The van der Waals surface area contributed by atoms with Gasteiger partial charge in [-0.1, -0.05) is 55.4 Å². The number of hydrogen-bond acceptors (Lipinski definition) is 5. The Morgan fingerprint density at radius 2 is 1.87 bits per heavy atom. The van der Waals surface area contributed by atoms with Crippen molar-refractivity contribution in [2.75, 3.05) is 5.75 Å². The molecule has 0 saturated heterocycles. The second-order valence-corrected chi connectivity index (χ2v) is 8.67. The first kappa shape index (κ1) is 21.9. The molecule has 154 valence electrons. The zero-order chi connectivity index (χ0) is 21.7. The minimum Gasteiger partial charge on any atom is -0.337 e. The highest BCUT2D eigenvalue weighted by atomic mass is 35.5. The number of rotatable bonds is 7. The molecule has 0 bridgehead atoms. The fourth-order valence-electron chi connectivity index (χ4n) is 2.72. The molecule has 1 amide bonds. The number of nitrogens with one attached hydrogen (secondary N) is 1. The van der Waals surface area contributed by atoms with Gasteiger partial charge in [0.1, 0.15) is 5.54 Å². The maximum atomic E-state index is 12.5. The monoisotopic (exact) mass is 439 g/mol. The van der Waals surface area contributed by atoms with E-state index >= 15 is 0 Å². The van der Waals surface area contributed by atoms with Gasteiger partial charge in [-0.15, -0.1) is 10.2 Å². The quantitative estimate of drug-likeness (QED) is 0.538. The van der Waals surface area contributed by atoms with E-state index in [-0.39, 0.29) is 17.6 Å². The van der Waals surface area contributed by atoms with E-state index in [0.29, 0.717) is 16.0 Å². The van der Waals surface area contributed by atoms with Gasteiger partial charge in [0.05, 0.1) is 11.8 Å². The summed E-state index contributed by atoms with van der Waals surface area (Å²) < 4.78 is 1.91. The Balaban J connectivity index is 1.88. The molecule has 0 aliphatic rings. The molecule has 0 saturated carbocycles. The Morgan fingerprint density at radius 1 is 1.20 bits per heavy atom. The van der Waals surface area contributed by atoms with Crippen molar-refractivity contribution in [2.24, 2.45) is 5.92 Å². The summed E-state index contributed by atoms with van der Waals surface area (Å²) in [6, 6.07) is 19.3. The van der Waals surface area contributed by atoms with Gasteiger partial charge in [-0.3, -0.25) is 9.36 Å². The fourth-order valence-corrected chi connectivity index (χ4v) is 3.59. The maximum Gasteiger partial charge on any atom is 0.231 e. The largest absolute Gasteiger partial charge is 0.337 e. The molecule has 1 atom stereocenters. The van der Waals surface area contributed by atoms with E-state index in [1.54, 1.807) is 19.1 Å². The van der Waals surface area contributed by atoms with Crippen LogP contribution >= 0.6 is 23.4 Å². The summed E-state index contributed by atoms with van der Waals surface area (Å²) in [6.45, 7) is 5.54. The van der Waals surface area contributed by atoms with Crippen LogP contribution in [-0.4, -0.2) is 32.0 Å². The molecule has 1 unspecified atom stereocenters. The third-order valence-corrected chi connectivity index (χ3v) is 6.05. The van der Waals surface area contributed by atoms with E-state index in [1.165, 1.54) is 11.8 Å². The molecule has 3 aromatic rings. The van der Waals surface area contributed by atoms with Gasteiger partial charge < -0.3 is 5.32 Å². The molecule has 2 aromatic carbocycles. The second kappa shape index (κ2) is 9.33. The van der Waals surface area contributed by atoms with E-state index in [0.717, 1.165) is 11.3 Å². The summed E-state index contributed by atoms with van der Waals surface area (Å²) >= 11 is 7.29. The number of benzene rings is 2. The molecule has 0 aliphatic heterocycles. The zero-order valence-corrected chi connectivity index (χ0v) is 18.5. The first-order valence-corrected chi connectivity index (χ1v) is 10.8. The molecule has 1 N–H and O–H groups in total. The van der Waals surface area contributed by atoms with Crippen molar-refractivity contribution < 1.29 is 4.79 Å². The Bertz CT molecular complexity index is 1060.